The molecule has 0 spiro atoms. The molecule has 0 radical (unpaired) electrons. The number of benzene rings is 4. The van der Waals surface area contributed by atoms with Crippen molar-refractivity contribution in [1.29, 1.82) is 0 Å². The normalized spacial score (nSPS) is 11.9. The van der Waals surface area contributed by atoms with E-state index in [1.807, 2.05) is 44.2 Å². The highest BCUT2D eigenvalue weighted by molar-refractivity contribution is 7.92. The van der Waals surface area contributed by atoms with Gasteiger partial charge in [-0.3, -0.25) is 13.9 Å². The molecule has 2 amide bonds. The zero-order valence-corrected chi connectivity index (χ0v) is 27.9. The van der Waals surface area contributed by atoms with Gasteiger partial charge >= 0.3 is 0 Å². The van der Waals surface area contributed by atoms with E-state index in [2.05, 4.69) is 5.32 Å². The first-order chi connectivity index (χ1) is 21.5. The summed E-state index contributed by atoms with van der Waals surface area (Å²) in [7, 11) is -4.24. The number of halogens is 2. The molecule has 0 aliphatic carbocycles. The van der Waals surface area contributed by atoms with Crippen LogP contribution in [0.3, 0.4) is 0 Å². The van der Waals surface area contributed by atoms with Crippen LogP contribution in [0.2, 0.25) is 10.0 Å². The Morgan fingerprint density at radius 1 is 0.822 bits per heavy atom. The third kappa shape index (κ3) is 8.45. The summed E-state index contributed by atoms with van der Waals surface area (Å²) in [6.07, 6.45) is 0.923. The first kappa shape index (κ1) is 34.0. The van der Waals surface area contributed by atoms with E-state index in [0.717, 1.165) is 15.4 Å². The molecule has 236 valence electrons. The van der Waals surface area contributed by atoms with E-state index >= 15 is 0 Å². The van der Waals surface area contributed by atoms with Crippen LogP contribution in [0.4, 0.5) is 5.69 Å². The molecule has 10 heteroatoms. The number of hydrogen-bond donors (Lipinski definition) is 1. The molecule has 4 rings (SSSR count). The van der Waals surface area contributed by atoms with Crippen LogP contribution in [-0.4, -0.2) is 44.3 Å². The molecular formula is C35H37Cl2N3O4S. The number of aryl methyl sites for hydroxylation is 1. The van der Waals surface area contributed by atoms with Crippen molar-refractivity contribution in [2.24, 2.45) is 0 Å². The maximum atomic E-state index is 14.5. The highest BCUT2D eigenvalue weighted by Crippen LogP contribution is 2.32. The molecule has 0 fully saturated rings. The second-order valence-electron chi connectivity index (χ2n) is 10.8. The number of carbonyl (C=O) groups is 2. The molecule has 0 aromatic heterocycles. The van der Waals surface area contributed by atoms with E-state index in [1.54, 1.807) is 61.5 Å². The quantitative estimate of drug-likeness (QED) is 0.167. The molecule has 0 aliphatic rings. The molecule has 4 aromatic rings. The summed E-state index contributed by atoms with van der Waals surface area (Å²) in [5.41, 5.74) is 3.14. The van der Waals surface area contributed by atoms with Gasteiger partial charge in [-0.15, -0.1) is 0 Å². The topological polar surface area (TPSA) is 86.8 Å². The minimum absolute atomic E-state index is 0.0114. The maximum Gasteiger partial charge on any atom is 0.264 e. The van der Waals surface area contributed by atoms with Crippen LogP contribution in [0.15, 0.2) is 102 Å². The Labute approximate surface area is 275 Å². The summed E-state index contributed by atoms with van der Waals surface area (Å²) >= 11 is 13.0. The first-order valence-electron chi connectivity index (χ1n) is 14.7. The van der Waals surface area contributed by atoms with Gasteiger partial charge in [0.1, 0.15) is 12.6 Å². The molecule has 0 saturated heterocycles. The van der Waals surface area contributed by atoms with Crippen LogP contribution in [-0.2, 0) is 32.6 Å². The fraction of sp³-hybridized carbons (Fsp3) is 0.257. The number of anilines is 1. The van der Waals surface area contributed by atoms with Crippen molar-refractivity contribution in [2.75, 3.05) is 17.4 Å². The Kier molecular flexibility index (Phi) is 11.7. The number of carbonyl (C=O) groups excluding carboxylic acids is 2. The van der Waals surface area contributed by atoms with Gasteiger partial charge in [-0.1, -0.05) is 102 Å². The summed E-state index contributed by atoms with van der Waals surface area (Å²) < 4.78 is 29.5. The molecule has 45 heavy (non-hydrogen) atoms. The van der Waals surface area contributed by atoms with Gasteiger partial charge in [0, 0.05) is 29.6 Å². The second-order valence-corrected chi connectivity index (χ2v) is 13.5. The van der Waals surface area contributed by atoms with Gasteiger partial charge in [-0.25, -0.2) is 8.42 Å². The number of nitrogens with zero attached hydrogens (tertiary/aromatic N) is 2. The van der Waals surface area contributed by atoms with E-state index in [9.17, 15) is 18.0 Å². The van der Waals surface area contributed by atoms with Crippen LogP contribution in [0.1, 0.15) is 35.6 Å². The van der Waals surface area contributed by atoms with E-state index in [4.69, 9.17) is 23.2 Å². The number of sulfonamides is 1. The molecule has 7 nitrogen and oxygen atoms in total. The molecule has 0 bridgehead atoms. The van der Waals surface area contributed by atoms with E-state index < -0.39 is 28.5 Å². The van der Waals surface area contributed by atoms with Gasteiger partial charge in [-0.2, -0.15) is 0 Å². The lowest BCUT2D eigenvalue weighted by Crippen LogP contribution is -2.53. The number of rotatable bonds is 13. The Hall–Kier alpha value is -3.85. The van der Waals surface area contributed by atoms with Crippen LogP contribution in [0.5, 0.6) is 0 Å². The lowest BCUT2D eigenvalue weighted by atomic mass is 10.0. The SMILES string of the molecule is CCCNC(=O)[C@@H](Cc1ccccc1)N(Cc1ccccc1Cl)C(=O)CN(c1cccc(Cl)c1C)S(=O)(=O)c1ccc(C)cc1. The summed E-state index contributed by atoms with van der Waals surface area (Å²) in [6.45, 7) is 5.35. The zero-order valence-electron chi connectivity index (χ0n) is 25.5. The van der Waals surface area contributed by atoms with E-state index in [1.165, 1.54) is 17.0 Å². The molecule has 0 saturated carbocycles. The van der Waals surface area contributed by atoms with Crippen molar-refractivity contribution in [3.8, 4) is 0 Å². The van der Waals surface area contributed by atoms with E-state index in [0.29, 0.717) is 34.1 Å². The van der Waals surface area contributed by atoms with Gasteiger partial charge in [-0.05, 0) is 67.3 Å². The largest absolute Gasteiger partial charge is 0.354 e. The third-order valence-corrected chi connectivity index (χ3v) is 10.1. The summed E-state index contributed by atoms with van der Waals surface area (Å²) in [5.74, 6) is -0.912. The lowest BCUT2D eigenvalue weighted by Gasteiger charge is -2.34. The third-order valence-electron chi connectivity index (χ3n) is 7.51. The minimum atomic E-state index is -4.24. The van der Waals surface area contributed by atoms with Gasteiger partial charge in [0.2, 0.25) is 11.8 Å². The summed E-state index contributed by atoms with van der Waals surface area (Å²) in [5, 5.41) is 3.72. The number of hydrogen-bond acceptors (Lipinski definition) is 4. The van der Waals surface area contributed by atoms with Crippen molar-refractivity contribution in [3.05, 3.63) is 129 Å². The Morgan fingerprint density at radius 3 is 2.13 bits per heavy atom. The second kappa shape index (κ2) is 15.4. The standard InChI is InChI=1S/C35H37Cl2N3O4S/c1-4-21-38-35(42)33(22-27-11-6-5-7-12-27)39(23-28-13-8-9-14-31(28)37)34(41)24-40(32-16-10-15-30(36)26(32)3)45(43,44)29-19-17-25(2)18-20-29/h5-20,33H,4,21-24H2,1-3H3,(H,38,42)/t33-/m1/s1. The Morgan fingerprint density at radius 2 is 1.47 bits per heavy atom. The van der Waals surface area contributed by atoms with Crippen LogP contribution >= 0.6 is 23.2 Å². The minimum Gasteiger partial charge on any atom is -0.354 e. The van der Waals surface area contributed by atoms with Gasteiger partial charge < -0.3 is 10.2 Å². The van der Waals surface area contributed by atoms with Crippen LogP contribution < -0.4 is 9.62 Å². The van der Waals surface area contributed by atoms with Crippen molar-refractivity contribution in [2.45, 2.75) is 51.1 Å². The highest BCUT2D eigenvalue weighted by Gasteiger charge is 2.35. The maximum absolute atomic E-state index is 14.5. The molecule has 1 atom stereocenters. The molecular weight excluding hydrogens is 629 g/mol. The first-order valence-corrected chi connectivity index (χ1v) is 16.9. The van der Waals surface area contributed by atoms with Crippen LogP contribution in [0, 0.1) is 13.8 Å². The van der Waals surface area contributed by atoms with Crippen molar-refractivity contribution >= 4 is 50.7 Å². The van der Waals surface area contributed by atoms with Crippen molar-refractivity contribution < 1.29 is 18.0 Å². The predicted molar refractivity (Wildman–Crippen MR) is 181 cm³/mol. The zero-order chi connectivity index (χ0) is 32.6. The van der Waals surface area contributed by atoms with Crippen LogP contribution in [0.25, 0.3) is 0 Å². The Balaban J connectivity index is 1.83. The lowest BCUT2D eigenvalue weighted by molar-refractivity contribution is -0.140. The highest BCUT2D eigenvalue weighted by atomic mass is 35.5. The number of amides is 2. The van der Waals surface area contributed by atoms with Gasteiger partial charge in [0.05, 0.1) is 10.6 Å². The van der Waals surface area contributed by atoms with Crippen molar-refractivity contribution in [1.82, 2.24) is 10.2 Å². The van der Waals surface area contributed by atoms with Gasteiger partial charge in [0.25, 0.3) is 10.0 Å². The fourth-order valence-corrected chi connectivity index (χ4v) is 6.78. The smallest absolute Gasteiger partial charge is 0.264 e. The van der Waals surface area contributed by atoms with Gasteiger partial charge in [0.15, 0.2) is 0 Å². The number of nitrogens with one attached hydrogen (secondary N) is 1. The predicted octanol–water partition coefficient (Wildman–Crippen LogP) is 6.97. The van der Waals surface area contributed by atoms with Crippen molar-refractivity contribution in [3.63, 3.8) is 0 Å². The molecule has 0 heterocycles. The average Bonchev–Trinajstić information content (AvgIpc) is 3.03. The monoisotopic (exact) mass is 665 g/mol. The average molecular weight is 667 g/mol. The molecule has 0 unspecified atom stereocenters. The summed E-state index contributed by atoms with van der Waals surface area (Å²) in [6, 6.07) is 26.9. The van der Waals surface area contributed by atoms with E-state index in [-0.39, 0.29) is 29.5 Å². The summed E-state index contributed by atoms with van der Waals surface area (Å²) in [4.78, 5) is 29.7. The Bertz CT molecular complexity index is 1730. The molecule has 1 N–H and O–H groups in total. The molecule has 4 aromatic carbocycles. The molecule has 0 aliphatic heterocycles. The fourth-order valence-electron chi connectivity index (χ4n) is 4.95.